The third kappa shape index (κ3) is 4.43. The second-order valence-electron chi connectivity index (χ2n) is 3.49. The molecule has 0 N–H and O–H groups in total. The van der Waals surface area contributed by atoms with Gasteiger partial charge in [0.2, 0.25) is 0 Å². The number of halogens is 1. The SMILES string of the molecule is CCCO[Si](OCCC)c1cccc(F)c1. The number of hydrogen-bond donors (Lipinski definition) is 0. The quantitative estimate of drug-likeness (QED) is 0.682. The van der Waals surface area contributed by atoms with Crippen LogP contribution in [0, 0.1) is 5.82 Å². The minimum atomic E-state index is -1.51. The van der Waals surface area contributed by atoms with Crippen molar-refractivity contribution in [3.8, 4) is 0 Å². The van der Waals surface area contributed by atoms with Crippen LogP contribution in [0.5, 0.6) is 0 Å². The van der Waals surface area contributed by atoms with Gasteiger partial charge in [-0.2, -0.15) is 0 Å². The second kappa shape index (κ2) is 7.54. The molecule has 0 fully saturated rings. The summed E-state index contributed by atoms with van der Waals surface area (Å²) in [5, 5.41) is 0.840. The molecule has 0 aliphatic carbocycles. The van der Waals surface area contributed by atoms with Gasteiger partial charge < -0.3 is 8.85 Å². The van der Waals surface area contributed by atoms with Crippen LogP contribution in [0.2, 0.25) is 0 Å². The molecule has 2 nitrogen and oxygen atoms in total. The Hall–Kier alpha value is -0.713. The number of rotatable bonds is 7. The maximum absolute atomic E-state index is 13.1. The Morgan fingerprint density at radius 3 is 2.25 bits per heavy atom. The van der Waals surface area contributed by atoms with E-state index in [1.165, 1.54) is 12.1 Å². The highest BCUT2D eigenvalue weighted by Gasteiger charge is 2.18. The summed E-state index contributed by atoms with van der Waals surface area (Å²) in [6.07, 6.45) is 1.89. The molecule has 1 aromatic rings. The van der Waals surface area contributed by atoms with Gasteiger partial charge in [0.25, 0.3) is 0 Å². The van der Waals surface area contributed by atoms with E-state index < -0.39 is 9.28 Å². The minimum Gasteiger partial charge on any atom is -0.390 e. The van der Waals surface area contributed by atoms with Crippen LogP contribution in [-0.4, -0.2) is 22.5 Å². The Kier molecular flexibility index (Phi) is 6.29. The van der Waals surface area contributed by atoms with E-state index in [1.807, 2.05) is 19.9 Å². The predicted octanol–water partition coefficient (Wildman–Crippen LogP) is 2.37. The summed E-state index contributed by atoms with van der Waals surface area (Å²) in [5.74, 6) is -0.236. The molecule has 0 atom stereocenters. The van der Waals surface area contributed by atoms with Crippen molar-refractivity contribution in [1.29, 1.82) is 0 Å². The van der Waals surface area contributed by atoms with Crippen LogP contribution in [0.25, 0.3) is 0 Å². The lowest BCUT2D eigenvalue weighted by atomic mass is 10.3. The average molecular weight is 241 g/mol. The Morgan fingerprint density at radius 1 is 1.12 bits per heavy atom. The van der Waals surface area contributed by atoms with Crippen molar-refractivity contribution < 1.29 is 13.2 Å². The van der Waals surface area contributed by atoms with Crippen molar-refractivity contribution in [3.05, 3.63) is 30.1 Å². The summed E-state index contributed by atoms with van der Waals surface area (Å²) in [6, 6.07) is 6.49. The fourth-order valence-electron chi connectivity index (χ4n) is 1.21. The number of hydrogen-bond acceptors (Lipinski definition) is 2. The molecule has 0 heterocycles. The van der Waals surface area contributed by atoms with Gasteiger partial charge in [-0.05, 0) is 30.2 Å². The highest BCUT2D eigenvalue weighted by Crippen LogP contribution is 1.99. The first-order valence-corrected chi connectivity index (χ1v) is 6.98. The summed E-state index contributed by atoms with van der Waals surface area (Å²) < 4.78 is 24.4. The van der Waals surface area contributed by atoms with Gasteiger partial charge in [-0.25, -0.2) is 4.39 Å². The van der Waals surface area contributed by atoms with Gasteiger partial charge in [0, 0.05) is 13.2 Å². The molecule has 0 saturated heterocycles. The largest absolute Gasteiger partial charge is 0.423 e. The molecule has 89 valence electrons. The monoisotopic (exact) mass is 241 g/mol. The molecule has 4 heteroatoms. The lowest BCUT2D eigenvalue weighted by Gasteiger charge is -2.14. The fourth-order valence-corrected chi connectivity index (χ4v) is 2.90. The van der Waals surface area contributed by atoms with Gasteiger partial charge >= 0.3 is 9.28 Å². The van der Waals surface area contributed by atoms with Crippen LogP contribution in [0.15, 0.2) is 24.3 Å². The van der Waals surface area contributed by atoms with E-state index in [4.69, 9.17) is 8.85 Å². The zero-order valence-electron chi connectivity index (χ0n) is 9.83. The van der Waals surface area contributed by atoms with Gasteiger partial charge in [-0.1, -0.05) is 26.0 Å². The molecule has 1 rings (SSSR count). The van der Waals surface area contributed by atoms with Crippen molar-refractivity contribution >= 4 is 14.5 Å². The topological polar surface area (TPSA) is 18.5 Å². The molecule has 0 unspecified atom stereocenters. The minimum absolute atomic E-state index is 0.236. The van der Waals surface area contributed by atoms with Crippen molar-refractivity contribution in [1.82, 2.24) is 0 Å². The Balaban J connectivity index is 2.66. The number of benzene rings is 1. The van der Waals surface area contributed by atoms with E-state index in [-0.39, 0.29) is 5.82 Å². The average Bonchev–Trinajstić information content (AvgIpc) is 2.29. The van der Waals surface area contributed by atoms with Crippen LogP contribution < -0.4 is 5.19 Å². The van der Waals surface area contributed by atoms with E-state index in [1.54, 1.807) is 6.07 Å². The predicted molar refractivity (Wildman–Crippen MR) is 64.3 cm³/mol. The summed E-state index contributed by atoms with van der Waals surface area (Å²) in [7, 11) is -1.51. The molecule has 0 spiro atoms. The molecule has 0 aliphatic rings. The summed E-state index contributed by atoms with van der Waals surface area (Å²) >= 11 is 0. The van der Waals surface area contributed by atoms with Gasteiger partial charge in [0.1, 0.15) is 5.82 Å². The summed E-state index contributed by atoms with van der Waals surface area (Å²) in [5.41, 5.74) is 0. The van der Waals surface area contributed by atoms with Crippen LogP contribution in [0.4, 0.5) is 4.39 Å². The summed E-state index contributed by atoms with van der Waals surface area (Å²) in [6.45, 7) is 5.42. The summed E-state index contributed by atoms with van der Waals surface area (Å²) in [4.78, 5) is 0. The zero-order valence-corrected chi connectivity index (χ0v) is 10.8. The highest BCUT2D eigenvalue weighted by atomic mass is 28.3. The zero-order chi connectivity index (χ0) is 11.8. The molecular weight excluding hydrogens is 223 g/mol. The normalized spacial score (nSPS) is 11.0. The first-order chi connectivity index (χ1) is 7.77. The molecule has 0 bridgehead atoms. The van der Waals surface area contributed by atoms with E-state index in [0.717, 1.165) is 18.0 Å². The molecule has 0 aliphatic heterocycles. The third-order valence-corrected chi connectivity index (χ3v) is 3.65. The standard InChI is InChI=1S/C12H18FO2Si/c1-3-8-14-16(15-9-4-2)12-7-5-6-11(13)10-12/h5-7,10H,3-4,8-9H2,1-2H3. The van der Waals surface area contributed by atoms with Crippen LogP contribution in [0.3, 0.4) is 0 Å². The molecule has 1 aromatic carbocycles. The van der Waals surface area contributed by atoms with Gasteiger partial charge in [-0.3, -0.25) is 0 Å². The molecule has 16 heavy (non-hydrogen) atoms. The van der Waals surface area contributed by atoms with E-state index in [9.17, 15) is 4.39 Å². The van der Waals surface area contributed by atoms with Crippen molar-refractivity contribution in [2.75, 3.05) is 13.2 Å². The van der Waals surface area contributed by atoms with E-state index >= 15 is 0 Å². The Morgan fingerprint density at radius 2 is 1.75 bits per heavy atom. The van der Waals surface area contributed by atoms with Gasteiger partial charge in [0.15, 0.2) is 0 Å². The third-order valence-electron chi connectivity index (χ3n) is 1.93. The maximum atomic E-state index is 13.1. The van der Waals surface area contributed by atoms with E-state index in [0.29, 0.717) is 13.2 Å². The lowest BCUT2D eigenvalue weighted by molar-refractivity contribution is 0.207. The van der Waals surface area contributed by atoms with Crippen molar-refractivity contribution in [3.63, 3.8) is 0 Å². The van der Waals surface area contributed by atoms with Crippen molar-refractivity contribution in [2.24, 2.45) is 0 Å². The van der Waals surface area contributed by atoms with Crippen LogP contribution in [-0.2, 0) is 8.85 Å². The first kappa shape index (κ1) is 13.4. The highest BCUT2D eigenvalue weighted by molar-refractivity contribution is 6.61. The van der Waals surface area contributed by atoms with Gasteiger partial charge in [0.05, 0.1) is 0 Å². The molecular formula is C12H18FO2Si. The van der Waals surface area contributed by atoms with E-state index in [2.05, 4.69) is 0 Å². The Bertz CT molecular complexity index is 299. The van der Waals surface area contributed by atoms with Crippen molar-refractivity contribution in [2.45, 2.75) is 26.7 Å². The smallest absolute Gasteiger partial charge is 0.390 e. The maximum Gasteiger partial charge on any atom is 0.423 e. The molecule has 0 aromatic heterocycles. The Labute approximate surface area is 98.2 Å². The molecule has 0 saturated carbocycles. The van der Waals surface area contributed by atoms with Gasteiger partial charge in [-0.15, -0.1) is 0 Å². The first-order valence-electron chi connectivity index (χ1n) is 5.66. The molecule has 1 radical (unpaired) electrons. The fraction of sp³-hybridized carbons (Fsp3) is 0.500. The van der Waals surface area contributed by atoms with Crippen LogP contribution >= 0.6 is 0 Å². The second-order valence-corrected chi connectivity index (χ2v) is 5.22. The molecule has 0 amide bonds. The van der Waals surface area contributed by atoms with Crippen LogP contribution in [0.1, 0.15) is 26.7 Å². The lowest BCUT2D eigenvalue weighted by Crippen LogP contribution is -2.37.